The average molecular weight is 234 g/mol. The lowest BCUT2D eigenvalue weighted by Gasteiger charge is -2.54. The van der Waals surface area contributed by atoms with Crippen LogP contribution in [-0.2, 0) is 10.4 Å². The van der Waals surface area contributed by atoms with E-state index in [9.17, 15) is 15.0 Å². The third-order valence-corrected chi connectivity index (χ3v) is 3.83. The Bertz CT molecular complexity index is 448. The van der Waals surface area contributed by atoms with E-state index in [1.165, 1.54) is 6.92 Å². The molecular formula is C14H18O3. The molecule has 1 fully saturated rings. The lowest BCUT2D eigenvalue weighted by molar-refractivity contribution is -0.216. The van der Waals surface area contributed by atoms with Crippen molar-refractivity contribution in [1.29, 1.82) is 0 Å². The quantitative estimate of drug-likeness (QED) is 0.817. The third-order valence-electron chi connectivity index (χ3n) is 3.83. The number of ketones is 1. The standard InChI is InChI=1S/C14H18O3/c1-12(2)9-14(17,11(12)15)13(3,16)10-7-5-4-6-8-10/h4-8,16-17H,9H2,1-3H3/t13-,14-/m1/s1. The van der Waals surface area contributed by atoms with Crippen LogP contribution in [0, 0.1) is 5.41 Å². The Kier molecular flexibility index (Phi) is 2.46. The molecule has 1 aromatic carbocycles. The van der Waals surface area contributed by atoms with Crippen LogP contribution in [0.2, 0.25) is 0 Å². The van der Waals surface area contributed by atoms with Gasteiger partial charge in [0.05, 0.1) is 0 Å². The molecule has 17 heavy (non-hydrogen) atoms. The van der Waals surface area contributed by atoms with Gasteiger partial charge in [-0.05, 0) is 18.9 Å². The molecule has 0 aliphatic heterocycles. The first-order valence-electron chi connectivity index (χ1n) is 5.77. The molecule has 2 rings (SSSR count). The molecule has 1 aliphatic carbocycles. The third kappa shape index (κ3) is 1.53. The second-order valence-electron chi connectivity index (χ2n) is 5.69. The van der Waals surface area contributed by atoms with Crippen molar-refractivity contribution in [3.05, 3.63) is 35.9 Å². The molecule has 0 radical (unpaired) electrons. The molecule has 0 saturated heterocycles. The molecule has 0 unspecified atom stereocenters. The lowest BCUT2D eigenvalue weighted by Crippen LogP contribution is -2.69. The van der Waals surface area contributed by atoms with Crippen molar-refractivity contribution in [3.63, 3.8) is 0 Å². The van der Waals surface area contributed by atoms with Gasteiger partial charge in [-0.15, -0.1) is 0 Å². The van der Waals surface area contributed by atoms with Crippen LogP contribution in [0.1, 0.15) is 32.8 Å². The first kappa shape index (κ1) is 12.3. The highest BCUT2D eigenvalue weighted by molar-refractivity contribution is 5.99. The molecule has 0 aromatic heterocycles. The van der Waals surface area contributed by atoms with Crippen LogP contribution in [0.15, 0.2) is 30.3 Å². The summed E-state index contributed by atoms with van der Waals surface area (Å²) in [5.74, 6) is -0.293. The molecule has 3 nitrogen and oxygen atoms in total. The Morgan fingerprint density at radius 2 is 1.76 bits per heavy atom. The van der Waals surface area contributed by atoms with Gasteiger partial charge in [0.25, 0.3) is 0 Å². The molecule has 92 valence electrons. The predicted octanol–water partition coefficient (Wildman–Crippen LogP) is 1.62. The summed E-state index contributed by atoms with van der Waals surface area (Å²) in [7, 11) is 0. The van der Waals surface area contributed by atoms with Gasteiger partial charge in [-0.1, -0.05) is 44.2 Å². The smallest absolute Gasteiger partial charge is 0.173 e. The van der Waals surface area contributed by atoms with Crippen LogP contribution in [0.5, 0.6) is 0 Å². The molecule has 1 aliphatic rings. The zero-order chi connectivity index (χ0) is 12.9. The maximum absolute atomic E-state index is 12.0. The van der Waals surface area contributed by atoms with E-state index in [0.29, 0.717) is 5.56 Å². The monoisotopic (exact) mass is 234 g/mol. The van der Waals surface area contributed by atoms with Crippen LogP contribution in [0.4, 0.5) is 0 Å². The molecule has 0 bridgehead atoms. The van der Waals surface area contributed by atoms with Gasteiger partial charge in [-0.3, -0.25) is 4.79 Å². The first-order valence-corrected chi connectivity index (χ1v) is 5.77. The highest BCUT2D eigenvalue weighted by Gasteiger charge is 2.66. The van der Waals surface area contributed by atoms with E-state index in [4.69, 9.17) is 0 Å². The van der Waals surface area contributed by atoms with Crippen molar-refractivity contribution in [2.75, 3.05) is 0 Å². The number of hydrogen-bond acceptors (Lipinski definition) is 3. The fourth-order valence-electron chi connectivity index (χ4n) is 2.65. The molecule has 0 spiro atoms. The molecule has 1 aromatic rings. The summed E-state index contributed by atoms with van der Waals surface area (Å²) >= 11 is 0. The second-order valence-corrected chi connectivity index (χ2v) is 5.69. The van der Waals surface area contributed by atoms with Gasteiger partial charge in [0.2, 0.25) is 0 Å². The largest absolute Gasteiger partial charge is 0.382 e. The Labute approximate surface area is 101 Å². The number of rotatable bonds is 2. The fraction of sp³-hybridized carbons (Fsp3) is 0.500. The Morgan fingerprint density at radius 3 is 2.18 bits per heavy atom. The van der Waals surface area contributed by atoms with E-state index in [-0.39, 0.29) is 12.2 Å². The number of aliphatic hydroxyl groups is 2. The zero-order valence-electron chi connectivity index (χ0n) is 10.4. The van der Waals surface area contributed by atoms with Gasteiger partial charge in [0, 0.05) is 5.41 Å². The van der Waals surface area contributed by atoms with Gasteiger partial charge >= 0.3 is 0 Å². The summed E-state index contributed by atoms with van der Waals surface area (Å²) in [6.45, 7) is 5.06. The topological polar surface area (TPSA) is 57.5 Å². The maximum atomic E-state index is 12.0. The van der Waals surface area contributed by atoms with Gasteiger partial charge in [0.1, 0.15) is 5.60 Å². The molecular weight excluding hydrogens is 216 g/mol. The van der Waals surface area contributed by atoms with Crippen molar-refractivity contribution < 1.29 is 15.0 Å². The summed E-state index contributed by atoms with van der Waals surface area (Å²) in [6, 6.07) is 8.83. The minimum absolute atomic E-state index is 0.278. The van der Waals surface area contributed by atoms with Crippen LogP contribution >= 0.6 is 0 Å². The predicted molar refractivity (Wildman–Crippen MR) is 64.4 cm³/mol. The number of Topliss-reactive ketones (excluding diaryl/α,β-unsaturated/α-hetero) is 1. The van der Waals surface area contributed by atoms with Crippen molar-refractivity contribution in [2.24, 2.45) is 5.41 Å². The number of carbonyl (C=O) groups is 1. The lowest BCUT2D eigenvalue weighted by atomic mass is 9.53. The van der Waals surface area contributed by atoms with E-state index in [2.05, 4.69) is 0 Å². The van der Waals surface area contributed by atoms with E-state index in [0.717, 1.165) is 0 Å². The van der Waals surface area contributed by atoms with E-state index in [1.54, 1.807) is 38.1 Å². The summed E-state index contributed by atoms with van der Waals surface area (Å²) in [6.07, 6.45) is 0.278. The number of hydrogen-bond donors (Lipinski definition) is 2. The molecule has 0 amide bonds. The number of benzene rings is 1. The first-order chi connectivity index (χ1) is 7.72. The number of carbonyl (C=O) groups excluding carboxylic acids is 1. The van der Waals surface area contributed by atoms with Gasteiger partial charge in [-0.25, -0.2) is 0 Å². The van der Waals surface area contributed by atoms with Crippen molar-refractivity contribution in [3.8, 4) is 0 Å². The Morgan fingerprint density at radius 1 is 1.24 bits per heavy atom. The van der Waals surface area contributed by atoms with E-state index < -0.39 is 16.6 Å². The zero-order valence-corrected chi connectivity index (χ0v) is 10.4. The minimum Gasteiger partial charge on any atom is -0.382 e. The Hall–Kier alpha value is -1.19. The highest BCUT2D eigenvalue weighted by Crippen LogP contribution is 2.52. The second kappa shape index (κ2) is 3.40. The summed E-state index contributed by atoms with van der Waals surface area (Å²) in [5.41, 5.74) is -3.20. The van der Waals surface area contributed by atoms with Crippen LogP contribution in [0.25, 0.3) is 0 Å². The molecule has 3 heteroatoms. The van der Waals surface area contributed by atoms with Crippen LogP contribution in [0.3, 0.4) is 0 Å². The van der Waals surface area contributed by atoms with Crippen molar-refractivity contribution >= 4 is 5.78 Å². The van der Waals surface area contributed by atoms with E-state index >= 15 is 0 Å². The van der Waals surface area contributed by atoms with Gasteiger partial charge < -0.3 is 10.2 Å². The maximum Gasteiger partial charge on any atom is 0.173 e. The molecule has 2 atom stereocenters. The minimum atomic E-state index is -1.67. The van der Waals surface area contributed by atoms with Crippen molar-refractivity contribution in [1.82, 2.24) is 0 Å². The summed E-state index contributed by atoms with van der Waals surface area (Å²) in [5, 5.41) is 20.9. The van der Waals surface area contributed by atoms with E-state index in [1.807, 2.05) is 6.07 Å². The SMILES string of the molecule is CC1(C)C[C@](O)([C@](C)(O)c2ccccc2)C1=O. The van der Waals surface area contributed by atoms with Gasteiger partial charge in [0.15, 0.2) is 11.4 Å². The average Bonchev–Trinajstić information content (AvgIpc) is 2.29. The molecule has 1 saturated carbocycles. The Balaban J connectivity index is 2.39. The molecule has 0 heterocycles. The van der Waals surface area contributed by atoms with Crippen LogP contribution < -0.4 is 0 Å². The highest BCUT2D eigenvalue weighted by atomic mass is 16.4. The normalized spacial score (nSPS) is 30.5. The summed E-state index contributed by atoms with van der Waals surface area (Å²) < 4.78 is 0. The van der Waals surface area contributed by atoms with Crippen molar-refractivity contribution in [2.45, 2.75) is 38.4 Å². The summed E-state index contributed by atoms with van der Waals surface area (Å²) in [4.78, 5) is 12.0. The van der Waals surface area contributed by atoms with Gasteiger partial charge in [-0.2, -0.15) is 0 Å². The fourth-order valence-corrected chi connectivity index (χ4v) is 2.65. The van der Waals surface area contributed by atoms with Crippen LogP contribution in [-0.4, -0.2) is 21.6 Å². The molecule has 2 N–H and O–H groups in total.